The highest BCUT2D eigenvalue weighted by Gasteiger charge is 2.39. The van der Waals surface area contributed by atoms with Gasteiger partial charge >= 0.3 is 6.03 Å². The van der Waals surface area contributed by atoms with Crippen LogP contribution in [-0.4, -0.2) is 142 Å². The Labute approximate surface area is 400 Å². The quantitative estimate of drug-likeness (QED) is 0.0754. The Morgan fingerprint density at radius 3 is 2.46 bits per heavy atom. The molecule has 0 radical (unpaired) electrons. The molecule has 0 spiro atoms. The van der Waals surface area contributed by atoms with Crippen molar-refractivity contribution < 1.29 is 47.4 Å². The van der Waals surface area contributed by atoms with E-state index in [2.05, 4.69) is 56.3 Å². The van der Waals surface area contributed by atoms with E-state index in [0.717, 1.165) is 44.0 Å². The SMILES string of the molecule is COc1cc(-c2c(NC(=O)Nc3cnc(-c4noc(CNC(=O)CCOCCN5CCN(c6ccc7c(c6)CN(C6CCC(=O)NC6=O)C7=O)CC5)n4)c(C)c3)cnc3ccnn23)cc(OC)c1OC. The van der Waals surface area contributed by atoms with Gasteiger partial charge < -0.3 is 49.2 Å². The normalized spacial score (nSPS) is 16.0. The lowest BCUT2D eigenvalue weighted by atomic mass is 10.0. The van der Waals surface area contributed by atoms with E-state index in [-0.39, 0.29) is 55.4 Å². The molecule has 23 nitrogen and oxygen atoms in total. The third-order valence-electron chi connectivity index (χ3n) is 12.3. The third kappa shape index (κ3) is 10.0. The van der Waals surface area contributed by atoms with Gasteiger partial charge in [-0.05, 0) is 60.9 Å². The lowest BCUT2D eigenvalue weighted by Crippen LogP contribution is -2.52. The highest BCUT2D eigenvalue weighted by atomic mass is 16.5. The predicted molar refractivity (Wildman–Crippen MR) is 251 cm³/mol. The number of aromatic nitrogens is 6. The number of benzene rings is 2. The molecular weight excluding hydrogens is 907 g/mol. The van der Waals surface area contributed by atoms with Crippen LogP contribution in [0, 0.1) is 6.92 Å². The number of nitrogens with one attached hydrogen (secondary N) is 4. The van der Waals surface area contributed by atoms with Crippen LogP contribution in [-0.2, 0) is 32.2 Å². The number of anilines is 3. The van der Waals surface area contributed by atoms with Crippen LogP contribution in [0.3, 0.4) is 0 Å². The minimum Gasteiger partial charge on any atom is -0.493 e. The second-order valence-electron chi connectivity index (χ2n) is 16.7. The van der Waals surface area contributed by atoms with E-state index in [1.54, 1.807) is 46.8 Å². The van der Waals surface area contributed by atoms with Crippen LogP contribution in [0.5, 0.6) is 17.2 Å². The summed E-state index contributed by atoms with van der Waals surface area (Å²) < 4.78 is 29.4. The molecule has 3 aliphatic rings. The van der Waals surface area contributed by atoms with Crippen molar-refractivity contribution >= 4 is 52.4 Å². The fourth-order valence-corrected chi connectivity index (χ4v) is 8.75. The number of hydrogen-bond donors (Lipinski definition) is 4. The van der Waals surface area contributed by atoms with Gasteiger partial charge in [0.05, 0.1) is 76.7 Å². The highest BCUT2D eigenvalue weighted by Crippen LogP contribution is 2.43. The van der Waals surface area contributed by atoms with E-state index in [1.165, 1.54) is 33.7 Å². The lowest BCUT2D eigenvalue weighted by Gasteiger charge is -2.36. The predicted octanol–water partition coefficient (Wildman–Crippen LogP) is 3.43. The molecule has 70 heavy (non-hydrogen) atoms. The second kappa shape index (κ2) is 20.6. The van der Waals surface area contributed by atoms with Crippen LogP contribution < -0.4 is 40.4 Å². The molecular formula is C47H51N13O10. The minimum atomic E-state index is -0.639. The van der Waals surface area contributed by atoms with Crippen molar-refractivity contribution in [3.05, 3.63) is 83.6 Å². The zero-order chi connectivity index (χ0) is 48.9. The number of amides is 6. The zero-order valence-electron chi connectivity index (χ0n) is 38.9. The summed E-state index contributed by atoms with van der Waals surface area (Å²) in [5, 5.41) is 19.3. The van der Waals surface area contributed by atoms with Gasteiger partial charge in [-0.2, -0.15) is 10.1 Å². The van der Waals surface area contributed by atoms with Crippen molar-refractivity contribution in [3.63, 3.8) is 0 Å². The van der Waals surface area contributed by atoms with Gasteiger partial charge in [0.15, 0.2) is 17.1 Å². The fourth-order valence-electron chi connectivity index (χ4n) is 8.75. The van der Waals surface area contributed by atoms with E-state index in [9.17, 15) is 24.0 Å². The van der Waals surface area contributed by atoms with E-state index in [1.807, 2.05) is 18.2 Å². The molecule has 4 aromatic heterocycles. The Bertz CT molecular complexity index is 2940. The molecule has 6 amide bonds. The molecule has 364 valence electrons. The summed E-state index contributed by atoms with van der Waals surface area (Å²) >= 11 is 0. The first-order chi connectivity index (χ1) is 34.0. The number of hydrogen-bond acceptors (Lipinski definition) is 17. The van der Waals surface area contributed by atoms with E-state index < -0.39 is 18.0 Å². The van der Waals surface area contributed by atoms with Crippen LogP contribution in [0.4, 0.5) is 21.9 Å². The van der Waals surface area contributed by atoms with Gasteiger partial charge in [0.1, 0.15) is 11.7 Å². The molecule has 6 aromatic rings. The number of imide groups is 1. The number of fused-ring (bicyclic) bond motifs is 2. The van der Waals surface area contributed by atoms with Crippen molar-refractivity contribution in [2.45, 2.75) is 45.3 Å². The number of aryl methyl sites for hydroxylation is 1. The molecule has 4 N–H and O–H groups in total. The van der Waals surface area contributed by atoms with Crippen molar-refractivity contribution in [2.24, 2.45) is 0 Å². The molecule has 1 unspecified atom stereocenters. The topological polar surface area (TPSA) is 262 Å². The number of carbonyl (C=O) groups is 5. The van der Waals surface area contributed by atoms with Crippen LogP contribution >= 0.6 is 0 Å². The molecule has 9 rings (SSSR count). The van der Waals surface area contributed by atoms with E-state index >= 15 is 0 Å². The third-order valence-corrected chi connectivity index (χ3v) is 12.3. The zero-order valence-corrected chi connectivity index (χ0v) is 38.9. The summed E-state index contributed by atoms with van der Waals surface area (Å²) in [7, 11) is 4.55. The summed E-state index contributed by atoms with van der Waals surface area (Å²) in [4.78, 5) is 82.6. The highest BCUT2D eigenvalue weighted by molar-refractivity contribution is 6.06. The maximum absolute atomic E-state index is 13.4. The summed E-state index contributed by atoms with van der Waals surface area (Å²) in [6, 6.07) is 11.6. The molecule has 7 heterocycles. The molecule has 23 heteroatoms. The van der Waals surface area contributed by atoms with Crippen molar-refractivity contribution in [2.75, 3.05) is 82.8 Å². The number of urea groups is 1. The van der Waals surface area contributed by atoms with Crippen molar-refractivity contribution in [3.8, 4) is 40.0 Å². The first kappa shape index (κ1) is 46.9. The van der Waals surface area contributed by atoms with Crippen LogP contribution in [0.2, 0.25) is 0 Å². The Hall–Kier alpha value is -8.18. The number of rotatable bonds is 17. The largest absolute Gasteiger partial charge is 0.493 e. The number of piperazine rings is 1. The van der Waals surface area contributed by atoms with Gasteiger partial charge in [-0.25, -0.2) is 14.3 Å². The van der Waals surface area contributed by atoms with Crippen molar-refractivity contribution in [1.82, 2.24) is 50.2 Å². The number of methoxy groups -OCH3 is 3. The fraction of sp³-hybridized carbons (Fsp3) is 0.362. The van der Waals surface area contributed by atoms with Crippen LogP contribution in [0.1, 0.15) is 46.6 Å². The minimum absolute atomic E-state index is 0.0187. The summed E-state index contributed by atoms with van der Waals surface area (Å²) in [5.41, 5.74) is 6.04. The Morgan fingerprint density at radius 1 is 0.914 bits per heavy atom. The Kier molecular flexibility index (Phi) is 13.8. The molecule has 3 aliphatic heterocycles. The molecule has 1 atom stereocenters. The van der Waals surface area contributed by atoms with E-state index in [4.69, 9.17) is 23.5 Å². The number of piperidine rings is 1. The number of pyridine rings is 1. The average molecular weight is 958 g/mol. The molecule has 0 aliphatic carbocycles. The summed E-state index contributed by atoms with van der Waals surface area (Å²) in [5.74, 6) is 0.525. The van der Waals surface area contributed by atoms with Gasteiger partial charge in [-0.3, -0.25) is 34.4 Å². The second-order valence-corrected chi connectivity index (χ2v) is 16.7. The maximum Gasteiger partial charge on any atom is 0.323 e. The van der Waals surface area contributed by atoms with Crippen LogP contribution in [0.25, 0.3) is 28.4 Å². The monoisotopic (exact) mass is 957 g/mol. The van der Waals surface area contributed by atoms with Gasteiger partial charge in [-0.15, -0.1) is 0 Å². The maximum atomic E-state index is 13.4. The van der Waals surface area contributed by atoms with Gasteiger partial charge in [0, 0.05) is 75.0 Å². The average Bonchev–Trinajstić information content (AvgIpc) is 4.12. The van der Waals surface area contributed by atoms with Crippen LogP contribution in [0.15, 0.2) is 65.6 Å². The molecule has 2 fully saturated rings. The molecule has 2 aromatic carbocycles. The number of carbonyl (C=O) groups excluding carboxylic acids is 5. The van der Waals surface area contributed by atoms with Gasteiger partial charge in [-0.1, -0.05) is 5.16 Å². The molecule has 0 saturated carbocycles. The van der Waals surface area contributed by atoms with Gasteiger partial charge in [0.25, 0.3) is 5.91 Å². The Balaban J connectivity index is 0.698. The lowest BCUT2D eigenvalue weighted by molar-refractivity contribution is -0.137. The summed E-state index contributed by atoms with van der Waals surface area (Å²) in [6.07, 6.45) is 5.31. The first-order valence-corrected chi connectivity index (χ1v) is 22.6. The molecule has 2 saturated heterocycles. The van der Waals surface area contributed by atoms with Crippen molar-refractivity contribution in [1.29, 1.82) is 0 Å². The smallest absolute Gasteiger partial charge is 0.323 e. The molecule has 0 bridgehead atoms. The van der Waals surface area contributed by atoms with Gasteiger partial charge in [0.2, 0.25) is 35.2 Å². The summed E-state index contributed by atoms with van der Waals surface area (Å²) in [6.45, 7) is 6.84. The first-order valence-electron chi connectivity index (χ1n) is 22.6. The standard InChI is InChI=1S/C47H51N13O10/c1-27-19-30(52-47(65)53-33-24-48-37-9-11-51-60(37)42(33)28-21-35(66-2)43(68-4)36(22-28)67-3)23-50-41(27)44-55-40(70-56-44)25-49-38(61)10-17-69-18-16-57-12-14-58(15-13-57)31-5-6-32-29(20-31)26-59(46(32)64)34-7-8-39(62)54-45(34)63/h5-6,9,11,19-24,34H,7-8,10,12-18,25-26H2,1-4H3,(H,49,61)(H2,52,53,65)(H,54,62,63). The number of nitrogens with zero attached hydrogens (tertiary/aromatic N) is 9. The number of ether oxygens (including phenoxy) is 4. The Morgan fingerprint density at radius 2 is 1.71 bits per heavy atom. The van der Waals surface area contributed by atoms with E-state index in [0.29, 0.717) is 81.9 Å².